The fourth-order valence-electron chi connectivity index (χ4n) is 4.25. The number of ether oxygens (including phenoxy) is 3. The Morgan fingerprint density at radius 2 is 2.16 bits per heavy atom. The Hall–Kier alpha value is -3.89. The van der Waals surface area contributed by atoms with Gasteiger partial charge in [0.05, 0.1) is 31.9 Å². The maximum Gasteiger partial charge on any atom is 0.415 e. The maximum absolute atomic E-state index is 15.0. The van der Waals surface area contributed by atoms with Crippen LogP contribution in [0.15, 0.2) is 30.5 Å². The molecule has 2 saturated heterocycles. The molecule has 11 heteroatoms. The van der Waals surface area contributed by atoms with Crippen molar-refractivity contribution < 1.29 is 33.0 Å². The third-order valence-corrected chi connectivity index (χ3v) is 5.80. The second kappa shape index (κ2) is 7.66. The van der Waals surface area contributed by atoms with Crippen LogP contribution >= 0.6 is 0 Å². The first-order chi connectivity index (χ1) is 15.5. The second-order valence-electron chi connectivity index (χ2n) is 7.57. The normalized spacial score (nSPS) is 21.2. The molecule has 5 rings (SSSR count). The minimum Gasteiger partial charge on any atom is -0.453 e. The first-order valence-corrected chi connectivity index (χ1v) is 10.0. The summed E-state index contributed by atoms with van der Waals surface area (Å²) in [6.07, 6.45) is -0.298. The molecule has 1 N–H and O–H groups in total. The van der Waals surface area contributed by atoms with Crippen molar-refractivity contribution in [3.63, 3.8) is 0 Å². The highest BCUT2D eigenvalue weighted by molar-refractivity contribution is 5.94. The van der Waals surface area contributed by atoms with Crippen LogP contribution in [0.5, 0.6) is 0 Å². The lowest BCUT2D eigenvalue weighted by Gasteiger charge is -2.16. The lowest BCUT2D eigenvalue weighted by atomic mass is 10.00. The first-order valence-electron chi connectivity index (χ1n) is 10.0. The van der Waals surface area contributed by atoms with Crippen molar-refractivity contribution in [2.75, 3.05) is 36.6 Å². The Labute approximate surface area is 181 Å². The number of fused-ring (bicyclic) bond motifs is 3. The average Bonchev–Trinajstić information content (AvgIpc) is 3.46. The number of aromatic nitrogens is 1. The van der Waals surface area contributed by atoms with Crippen LogP contribution in [0.25, 0.3) is 11.1 Å². The zero-order chi connectivity index (χ0) is 22.4. The zero-order valence-electron chi connectivity index (χ0n) is 17.0. The van der Waals surface area contributed by atoms with Gasteiger partial charge in [-0.05, 0) is 36.2 Å². The summed E-state index contributed by atoms with van der Waals surface area (Å²) in [6, 6.07) is 5.98. The largest absolute Gasteiger partial charge is 0.453 e. The molecule has 0 spiro atoms. The van der Waals surface area contributed by atoms with E-state index in [1.807, 2.05) is 0 Å². The molecule has 1 aromatic heterocycles. The van der Waals surface area contributed by atoms with E-state index in [0.29, 0.717) is 42.2 Å². The van der Waals surface area contributed by atoms with Gasteiger partial charge in [-0.15, -0.1) is 0 Å². The number of alkyl carbamates (subject to hydrolysis) is 1. The van der Waals surface area contributed by atoms with Crippen molar-refractivity contribution in [3.8, 4) is 11.1 Å². The summed E-state index contributed by atoms with van der Waals surface area (Å²) >= 11 is 0. The number of hydrogen-bond acceptors (Lipinski definition) is 7. The number of halogens is 1. The summed E-state index contributed by atoms with van der Waals surface area (Å²) in [6.45, 7) is 0.808. The van der Waals surface area contributed by atoms with Crippen LogP contribution in [0, 0.1) is 5.82 Å². The molecule has 3 aliphatic rings. The van der Waals surface area contributed by atoms with E-state index in [0.717, 1.165) is 5.56 Å². The molecule has 0 bridgehead atoms. The van der Waals surface area contributed by atoms with Gasteiger partial charge in [0.25, 0.3) is 0 Å². The maximum atomic E-state index is 15.0. The molecule has 2 aromatic rings. The van der Waals surface area contributed by atoms with Crippen molar-refractivity contribution in [2.24, 2.45) is 0 Å². The monoisotopic (exact) mass is 442 g/mol. The van der Waals surface area contributed by atoms with Crippen LogP contribution < -0.4 is 15.1 Å². The average molecular weight is 442 g/mol. The Bertz CT molecular complexity index is 1110. The van der Waals surface area contributed by atoms with Gasteiger partial charge in [0.2, 0.25) is 0 Å². The Balaban J connectivity index is 1.39. The lowest BCUT2D eigenvalue weighted by Crippen LogP contribution is -2.40. The summed E-state index contributed by atoms with van der Waals surface area (Å²) in [5.74, 6) is -0.0781. The standard InChI is InChI=1S/C21H19FN4O6/c1-30-19(27)24-10-17-16-7-12-6-13(14(22)8-15(12)26(16)21(29)32-17)11-2-3-18(23-9-11)25-4-5-31-20(25)28/h2-3,6,8-9,16-17H,4-5,7,10H2,1H3,(H,24,27)/t16-,17?/m0/s1. The van der Waals surface area contributed by atoms with Gasteiger partial charge >= 0.3 is 18.3 Å². The number of carbonyl (C=O) groups excluding carboxylic acids is 3. The van der Waals surface area contributed by atoms with Gasteiger partial charge in [0, 0.05) is 17.3 Å². The molecule has 0 saturated carbocycles. The van der Waals surface area contributed by atoms with Gasteiger partial charge in [-0.25, -0.2) is 23.8 Å². The van der Waals surface area contributed by atoms with E-state index in [-0.39, 0.29) is 12.6 Å². The van der Waals surface area contributed by atoms with Gasteiger partial charge < -0.3 is 19.5 Å². The highest BCUT2D eigenvalue weighted by Gasteiger charge is 2.48. The summed E-state index contributed by atoms with van der Waals surface area (Å²) in [7, 11) is 1.25. The number of cyclic esters (lactones) is 2. The minimum atomic E-state index is -0.624. The fourth-order valence-corrected chi connectivity index (χ4v) is 4.25. The lowest BCUT2D eigenvalue weighted by molar-refractivity contribution is 0.123. The number of nitrogens with one attached hydrogen (secondary N) is 1. The molecule has 2 atom stereocenters. The van der Waals surface area contributed by atoms with E-state index in [2.05, 4.69) is 15.0 Å². The Morgan fingerprint density at radius 1 is 1.31 bits per heavy atom. The van der Waals surface area contributed by atoms with E-state index in [1.54, 1.807) is 18.2 Å². The van der Waals surface area contributed by atoms with Crippen molar-refractivity contribution in [3.05, 3.63) is 41.8 Å². The Morgan fingerprint density at radius 3 is 2.84 bits per heavy atom. The smallest absolute Gasteiger partial charge is 0.415 e. The molecule has 1 aromatic carbocycles. The van der Waals surface area contributed by atoms with Gasteiger partial charge in [0.15, 0.2) is 0 Å². The first kappa shape index (κ1) is 20.0. The minimum absolute atomic E-state index is 0.0905. The molecular formula is C21H19FN4O6. The molecule has 3 amide bonds. The van der Waals surface area contributed by atoms with Crippen LogP contribution in [0.2, 0.25) is 0 Å². The third kappa shape index (κ3) is 3.26. The molecule has 10 nitrogen and oxygen atoms in total. The number of nitrogens with zero attached hydrogens (tertiary/aromatic N) is 3. The Kier molecular flexibility index (Phi) is 4.80. The molecule has 32 heavy (non-hydrogen) atoms. The van der Waals surface area contributed by atoms with Crippen LogP contribution in [0.1, 0.15) is 5.56 Å². The van der Waals surface area contributed by atoms with E-state index in [9.17, 15) is 14.4 Å². The van der Waals surface area contributed by atoms with Crippen molar-refractivity contribution in [1.29, 1.82) is 0 Å². The van der Waals surface area contributed by atoms with E-state index in [1.165, 1.54) is 29.2 Å². The number of anilines is 2. The van der Waals surface area contributed by atoms with Gasteiger partial charge in [0.1, 0.15) is 24.3 Å². The van der Waals surface area contributed by atoms with Crippen molar-refractivity contribution in [1.82, 2.24) is 10.3 Å². The van der Waals surface area contributed by atoms with Crippen LogP contribution in [0.3, 0.4) is 0 Å². The summed E-state index contributed by atoms with van der Waals surface area (Å²) in [4.78, 5) is 42.5. The molecular weight excluding hydrogens is 423 g/mol. The summed E-state index contributed by atoms with van der Waals surface area (Å²) < 4.78 is 29.8. The third-order valence-electron chi connectivity index (χ3n) is 5.80. The molecule has 0 radical (unpaired) electrons. The van der Waals surface area contributed by atoms with Gasteiger partial charge in [-0.1, -0.05) is 0 Å². The second-order valence-corrected chi connectivity index (χ2v) is 7.57. The van der Waals surface area contributed by atoms with Crippen molar-refractivity contribution in [2.45, 2.75) is 18.6 Å². The van der Waals surface area contributed by atoms with E-state index in [4.69, 9.17) is 9.47 Å². The number of amides is 3. The highest BCUT2D eigenvalue weighted by atomic mass is 19.1. The van der Waals surface area contributed by atoms with E-state index < -0.39 is 30.2 Å². The number of pyridine rings is 1. The van der Waals surface area contributed by atoms with Crippen LogP contribution in [-0.2, 0) is 20.6 Å². The SMILES string of the molecule is COC(=O)NCC1OC(=O)N2c3cc(F)c(-c4ccc(N5CCOC5=O)nc4)cc3C[C@@H]12. The van der Waals surface area contributed by atoms with Crippen LogP contribution in [0.4, 0.5) is 30.3 Å². The molecule has 2 fully saturated rings. The quantitative estimate of drug-likeness (QED) is 0.724. The predicted octanol–water partition coefficient (Wildman–Crippen LogP) is 2.45. The molecule has 0 aliphatic carbocycles. The number of methoxy groups -OCH3 is 1. The molecule has 166 valence electrons. The topological polar surface area (TPSA) is 110 Å². The summed E-state index contributed by atoms with van der Waals surface area (Å²) in [5.41, 5.74) is 2.12. The van der Waals surface area contributed by atoms with Crippen molar-refractivity contribution >= 4 is 29.8 Å². The fraction of sp³-hybridized carbons (Fsp3) is 0.333. The predicted molar refractivity (Wildman–Crippen MR) is 109 cm³/mol. The summed E-state index contributed by atoms with van der Waals surface area (Å²) in [5, 5.41) is 2.53. The van der Waals surface area contributed by atoms with E-state index >= 15 is 4.39 Å². The zero-order valence-corrected chi connectivity index (χ0v) is 17.0. The number of carbonyl (C=O) groups is 3. The van der Waals surface area contributed by atoms with Gasteiger partial charge in [-0.2, -0.15) is 0 Å². The molecule has 3 aliphatic heterocycles. The van der Waals surface area contributed by atoms with Crippen LogP contribution in [-0.4, -0.2) is 62.2 Å². The molecule has 4 heterocycles. The number of rotatable bonds is 4. The highest BCUT2D eigenvalue weighted by Crippen LogP contribution is 2.41. The number of benzene rings is 1. The number of hydrogen-bond donors (Lipinski definition) is 1. The molecule has 1 unspecified atom stereocenters. The van der Waals surface area contributed by atoms with Gasteiger partial charge in [-0.3, -0.25) is 9.80 Å².